The summed E-state index contributed by atoms with van der Waals surface area (Å²) in [5.74, 6) is 1.46. The van der Waals surface area contributed by atoms with E-state index in [1.165, 1.54) is 25.0 Å². The zero-order chi connectivity index (χ0) is 13.8. The Morgan fingerprint density at radius 1 is 1.37 bits per heavy atom. The summed E-state index contributed by atoms with van der Waals surface area (Å²) in [7, 11) is 0. The van der Waals surface area contributed by atoms with Crippen LogP contribution in [0, 0.1) is 16.0 Å². The molecule has 2 rings (SSSR count). The highest BCUT2D eigenvalue weighted by Gasteiger charge is 2.21. The first-order valence-electron chi connectivity index (χ1n) is 6.74. The van der Waals surface area contributed by atoms with Crippen LogP contribution in [0.15, 0.2) is 18.2 Å². The molecule has 0 spiro atoms. The van der Waals surface area contributed by atoms with E-state index in [-0.39, 0.29) is 18.3 Å². The summed E-state index contributed by atoms with van der Waals surface area (Å²) in [5, 5.41) is 10.7. The van der Waals surface area contributed by atoms with Crippen molar-refractivity contribution in [2.45, 2.75) is 45.3 Å². The average Bonchev–Trinajstić information content (AvgIpc) is 2.41. The predicted molar refractivity (Wildman–Crippen MR) is 73.0 cm³/mol. The fourth-order valence-electron chi connectivity index (χ4n) is 2.48. The molecule has 0 unspecified atom stereocenters. The van der Waals surface area contributed by atoms with E-state index in [9.17, 15) is 10.1 Å². The summed E-state index contributed by atoms with van der Waals surface area (Å²) in [5.41, 5.74) is 6.41. The third-order valence-electron chi connectivity index (χ3n) is 3.73. The Bertz CT molecular complexity index is 454. The molecule has 1 aromatic carbocycles. The lowest BCUT2D eigenvalue weighted by Crippen LogP contribution is -2.23. The molecule has 0 aliphatic heterocycles. The Morgan fingerprint density at radius 3 is 2.63 bits per heavy atom. The minimum absolute atomic E-state index is 0.0602. The number of benzene rings is 1. The van der Waals surface area contributed by atoms with Crippen molar-refractivity contribution in [3.8, 4) is 5.75 Å². The smallest absolute Gasteiger partial charge is 0.270 e. The van der Waals surface area contributed by atoms with Crippen molar-refractivity contribution in [3.05, 3.63) is 33.9 Å². The fraction of sp³-hybridized carbons (Fsp3) is 0.571. The first-order chi connectivity index (χ1) is 9.10. The second-order valence-corrected chi connectivity index (χ2v) is 5.25. The summed E-state index contributed by atoms with van der Waals surface area (Å²) in [6, 6.07) is 4.64. The maximum atomic E-state index is 10.7. The van der Waals surface area contributed by atoms with E-state index in [4.69, 9.17) is 10.5 Å². The van der Waals surface area contributed by atoms with Crippen LogP contribution in [-0.4, -0.2) is 11.0 Å². The predicted octanol–water partition coefficient (Wildman–Crippen LogP) is 3.01. The van der Waals surface area contributed by atoms with E-state index in [0.717, 1.165) is 18.8 Å². The third kappa shape index (κ3) is 3.44. The number of nitrogens with zero attached hydrogens (tertiary/aromatic N) is 1. The van der Waals surface area contributed by atoms with Gasteiger partial charge >= 0.3 is 0 Å². The molecular formula is C14H20N2O3. The third-order valence-corrected chi connectivity index (χ3v) is 3.73. The molecule has 1 aliphatic carbocycles. The minimum atomic E-state index is -0.411. The molecule has 1 saturated carbocycles. The van der Waals surface area contributed by atoms with Crippen molar-refractivity contribution in [3.63, 3.8) is 0 Å². The molecule has 1 aromatic rings. The van der Waals surface area contributed by atoms with Gasteiger partial charge in [0.05, 0.1) is 11.0 Å². The number of rotatable bonds is 4. The lowest BCUT2D eigenvalue weighted by atomic mass is 9.89. The Balaban J connectivity index is 2.09. The van der Waals surface area contributed by atoms with E-state index in [1.54, 1.807) is 6.07 Å². The quantitative estimate of drug-likeness (QED) is 0.669. The van der Waals surface area contributed by atoms with Crippen LogP contribution in [0.4, 0.5) is 5.69 Å². The Labute approximate surface area is 112 Å². The number of hydrogen-bond donors (Lipinski definition) is 1. The molecule has 0 amide bonds. The van der Waals surface area contributed by atoms with E-state index >= 15 is 0 Å². The highest BCUT2D eigenvalue weighted by molar-refractivity contribution is 5.43. The molecule has 104 valence electrons. The first kappa shape index (κ1) is 13.8. The van der Waals surface area contributed by atoms with Gasteiger partial charge in [0, 0.05) is 24.2 Å². The number of nitrogens with two attached hydrogens (primary N) is 1. The van der Waals surface area contributed by atoms with Crippen molar-refractivity contribution in [1.82, 2.24) is 0 Å². The van der Waals surface area contributed by atoms with Crippen LogP contribution < -0.4 is 10.5 Å². The summed E-state index contributed by atoms with van der Waals surface area (Å²) in [6.07, 6.45) is 4.65. The number of nitro groups is 1. The zero-order valence-electron chi connectivity index (χ0n) is 11.2. The summed E-state index contributed by atoms with van der Waals surface area (Å²) in [6.45, 7) is 2.51. The normalized spacial score (nSPS) is 23.1. The van der Waals surface area contributed by atoms with Crippen LogP contribution in [0.3, 0.4) is 0 Å². The van der Waals surface area contributed by atoms with Gasteiger partial charge in [0.25, 0.3) is 5.69 Å². The van der Waals surface area contributed by atoms with Crippen molar-refractivity contribution in [2.75, 3.05) is 0 Å². The van der Waals surface area contributed by atoms with Crippen LogP contribution in [0.2, 0.25) is 0 Å². The maximum Gasteiger partial charge on any atom is 0.270 e. The molecule has 0 aromatic heterocycles. The van der Waals surface area contributed by atoms with E-state index in [2.05, 4.69) is 6.92 Å². The molecule has 0 bridgehead atoms. The highest BCUT2D eigenvalue weighted by Crippen LogP contribution is 2.30. The molecule has 0 atom stereocenters. The van der Waals surface area contributed by atoms with Gasteiger partial charge in [-0.05, 0) is 37.7 Å². The largest absolute Gasteiger partial charge is 0.490 e. The van der Waals surface area contributed by atoms with Gasteiger partial charge < -0.3 is 10.5 Å². The van der Waals surface area contributed by atoms with Crippen molar-refractivity contribution >= 4 is 5.69 Å². The summed E-state index contributed by atoms with van der Waals surface area (Å²) < 4.78 is 5.96. The number of non-ortho nitro benzene ring substituents is 1. The SMILES string of the molecule is CC1CCC(Oc2ccc([N+](=O)[O-])cc2CN)CC1. The van der Waals surface area contributed by atoms with Crippen molar-refractivity contribution < 1.29 is 9.66 Å². The summed E-state index contributed by atoms with van der Waals surface area (Å²) >= 11 is 0. The van der Waals surface area contributed by atoms with Crippen molar-refractivity contribution in [2.24, 2.45) is 11.7 Å². The fourth-order valence-corrected chi connectivity index (χ4v) is 2.48. The Morgan fingerprint density at radius 2 is 2.05 bits per heavy atom. The monoisotopic (exact) mass is 264 g/mol. The number of nitro benzene ring substituents is 1. The number of hydrogen-bond acceptors (Lipinski definition) is 4. The van der Waals surface area contributed by atoms with Gasteiger partial charge in [-0.15, -0.1) is 0 Å². The molecular weight excluding hydrogens is 244 g/mol. The lowest BCUT2D eigenvalue weighted by Gasteiger charge is -2.27. The van der Waals surface area contributed by atoms with Gasteiger partial charge in [0.15, 0.2) is 0 Å². The van der Waals surface area contributed by atoms with Crippen LogP contribution in [0.1, 0.15) is 38.2 Å². The molecule has 19 heavy (non-hydrogen) atoms. The molecule has 0 heterocycles. The Hall–Kier alpha value is -1.62. The molecule has 0 saturated heterocycles. The van der Waals surface area contributed by atoms with Gasteiger partial charge in [-0.3, -0.25) is 10.1 Å². The molecule has 0 radical (unpaired) electrons. The van der Waals surface area contributed by atoms with Gasteiger partial charge in [0.2, 0.25) is 0 Å². The zero-order valence-corrected chi connectivity index (χ0v) is 11.2. The van der Waals surface area contributed by atoms with E-state index in [1.807, 2.05) is 0 Å². The first-order valence-corrected chi connectivity index (χ1v) is 6.74. The van der Waals surface area contributed by atoms with Gasteiger partial charge in [-0.2, -0.15) is 0 Å². The maximum absolute atomic E-state index is 10.7. The van der Waals surface area contributed by atoms with Gasteiger partial charge in [-0.1, -0.05) is 6.92 Å². The molecule has 2 N–H and O–H groups in total. The van der Waals surface area contributed by atoms with Crippen LogP contribution in [0.5, 0.6) is 5.75 Å². The van der Waals surface area contributed by atoms with Crippen LogP contribution >= 0.6 is 0 Å². The van der Waals surface area contributed by atoms with Crippen LogP contribution in [-0.2, 0) is 6.54 Å². The average molecular weight is 264 g/mol. The molecule has 1 fully saturated rings. The van der Waals surface area contributed by atoms with Crippen LogP contribution in [0.25, 0.3) is 0 Å². The second-order valence-electron chi connectivity index (χ2n) is 5.25. The topological polar surface area (TPSA) is 78.4 Å². The van der Waals surface area contributed by atoms with Crippen molar-refractivity contribution in [1.29, 1.82) is 0 Å². The summed E-state index contributed by atoms with van der Waals surface area (Å²) in [4.78, 5) is 10.3. The Kier molecular flexibility index (Phi) is 4.37. The highest BCUT2D eigenvalue weighted by atomic mass is 16.6. The second kappa shape index (κ2) is 6.02. The number of ether oxygens (including phenoxy) is 1. The van der Waals surface area contributed by atoms with Gasteiger partial charge in [-0.25, -0.2) is 0 Å². The molecule has 5 nitrogen and oxygen atoms in total. The minimum Gasteiger partial charge on any atom is -0.490 e. The molecule has 1 aliphatic rings. The van der Waals surface area contributed by atoms with E-state index in [0.29, 0.717) is 11.3 Å². The van der Waals surface area contributed by atoms with E-state index < -0.39 is 4.92 Å². The standard InChI is InChI=1S/C14H20N2O3/c1-10-2-5-13(6-3-10)19-14-7-4-12(16(17)18)8-11(14)9-15/h4,7-8,10,13H,2-3,5-6,9,15H2,1H3. The van der Waals surface area contributed by atoms with Gasteiger partial charge in [0.1, 0.15) is 5.75 Å². The molecule has 5 heteroatoms. The lowest BCUT2D eigenvalue weighted by molar-refractivity contribution is -0.384.